The lowest BCUT2D eigenvalue weighted by molar-refractivity contribution is 0.0943. The lowest BCUT2D eigenvalue weighted by atomic mass is 9.99. The van der Waals surface area contributed by atoms with Gasteiger partial charge in [-0.15, -0.1) is 0 Å². The molecular formula is C10H11NOS. The molecule has 2 nitrogen and oxygen atoms in total. The number of allylic oxidation sites excluding steroid dienone is 1. The van der Waals surface area contributed by atoms with E-state index in [4.69, 9.17) is 5.73 Å². The van der Waals surface area contributed by atoms with Crippen molar-refractivity contribution in [2.24, 2.45) is 11.7 Å². The highest BCUT2D eigenvalue weighted by atomic mass is 32.1. The monoisotopic (exact) mass is 193 g/mol. The van der Waals surface area contributed by atoms with Crippen molar-refractivity contribution in [3.63, 3.8) is 0 Å². The second kappa shape index (κ2) is 3.44. The van der Waals surface area contributed by atoms with Crippen LogP contribution in [0.25, 0.3) is 0 Å². The van der Waals surface area contributed by atoms with Gasteiger partial charge in [-0.2, -0.15) is 11.3 Å². The SMILES string of the molecule is NC1C=CC(C(=O)c2ccsc2)C1. The number of carbonyl (C=O) groups excluding carboxylic acids is 1. The molecule has 68 valence electrons. The Morgan fingerprint density at radius 2 is 2.38 bits per heavy atom. The van der Waals surface area contributed by atoms with E-state index >= 15 is 0 Å². The molecule has 1 heterocycles. The van der Waals surface area contributed by atoms with E-state index in [1.54, 1.807) is 11.3 Å². The summed E-state index contributed by atoms with van der Waals surface area (Å²) in [6, 6.07) is 1.93. The van der Waals surface area contributed by atoms with Gasteiger partial charge in [0.1, 0.15) is 0 Å². The number of Topliss-reactive ketones (excluding diaryl/α,β-unsaturated/α-hetero) is 1. The molecule has 0 fully saturated rings. The Morgan fingerprint density at radius 1 is 1.54 bits per heavy atom. The van der Waals surface area contributed by atoms with Crippen LogP contribution in [0.3, 0.4) is 0 Å². The summed E-state index contributed by atoms with van der Waals surface area (Å²) in [7, 11) is 0. The van der Waals surface area contributed by atoms with E-state index in [1.807, 2.05) is 29.0 Å². The van der Waals surface area contributed by atoms with Crippen molar-refractivity contribution >= 4 is 17.1 Å². The first-order valence-corrected chi connectivity index (χ1v) is 5.22. The van der Waals surface area contributed by atoms with E-state index in [0.717, 1.165) is 12.0 Å². The second-order valence-electron chi connectivity index (χ2n) is 3.27. The molecule has 0 aromatic carbocycles. The molecule has 1 aromatic rings. The van der Waals surface area contributed by atoms with Gasteiger partial charge in [-0.25, -0.2) is 0 Å². The topological polar surface area (TPSA) is 43.1 Å². The van der Waals surface area contributed by atoms with Crippen LogP contribution >= 0.6 is 11.3 Å². The molecular weight excluding hydrogens is 182 g/mol. The lowest BCUT2D eigenvalue weighted by Gasteiger charge is -2.05. The predicted octanol–water partition coefficient (Wildman–Crippen LogP) is 1.83. The third-order valence-corrected chi connectivity index (χ3v) is 2.94. The van der Waals surface area contributed by atoms with E-state index in [9.17, 15) is 4.79 Å². The summed E-state index contributed by atoms with van der Waals surface area (Å²) in [5, 5.41) is 3.81. The molecule has 2 unspecified atom stereocenters. The van der Waals surface area contributed by atoms with E-state index in [1.165, 1.54) is 0 Å². The first-order valence-electron chi connectivity index (χ1n) is 4.27. The van der Waals surface area contributed by atoms with Crippen molar-refractivity contribution in [2.45, 2.75) is 12.5 Å². The Hall–Kier alpha value is -0.930. The largest absolute Gasteiger partial charge is 0.324 e. The van der Waals surface area contributed by atoms with Crippen LogP contribution < -0.4 is 5.73 Å². The van der Waals surface area contributed by atoms with Crippen molar-refractivity contribution in [1.82, 2.24) is 0 Å². The Kier molecular flexibility index (Phi) is 2.29. The fourth-order valence-electron chi connectivity index (χ4n) is 1.54. The normalized spacial score (nSPS) is 26.5. The van der Waals surface area contributed by atoms with Gasteiger partial charge in [-0.05, 0) is 17.9 Å². The van der Waals surface area contributed by atoms with Crippen molar-refractivity contribution in [3.05, 3.63) is 34.5 Å². The summed E-state index contributed by atoms with van der Waals surface area (Å²) in [6.45, 7) is 0. The Morgan fingerprint density at radius 3 is 2.92 bits per heavy atom. The molecule has 0 radical (unpaired) electrons. The van der Waals surface area contributed by atoms with Gasteiger partial charge in [0.2, 0.25) is 0 Å². The minimum atomic E-state index is 0.00426. The zero-order valence-corrected chi connectivity index (χ0v) is 7.96. The predicted molar refractivity (Wildman–Crippen MR) is 53.9 cm³/mol. The van der Waals surface area contributed by atoms with E-state index in [0.29, 0.717) is 0 Å². The molecule has 0 saturated heterocycles. The minimum Gasteiger partial charge on any atom is -0.324 e. The van der Waals surface area contributed by atoms with Crippen molar-refractivity contribution in [2.75, 3.05) is 0 Å². The smallest absolute Gasteiger partial charge is 0.170 e. The second-order valence-corrected chi connectivity index (χ2v) is 4.05. The number of rotatable bonds is 2. The number of hydrogen-bond acceptors (Lipinski definition) is 3. The number of thiophene rings is 1. The molecule has 0 amide bonds. The molecule has 2 N–H and O–H groups in total. The summed E-state index contributed by atoms with van der Waals surface area (Å²) in [5.41, 5.74) is 6.49. The highest BCUT2D eigenvalue weighted by Crippen LogP contribution is 2.22. The maximum atomic E-state index is 11.8. The molecule has 0 bridgehead atoms. The molecule has 1 aliphatic carbocycles. The van der Waals surface area contributed by atoms with Gasteiger partial charge >= 0.3 is 0 Å². The maximum Gasteiger partial charge on any atom is 0.170 e. The molecule has 3 heteroatoms. The average molecular weight is 193 g/mol. The minimum absolute atomic E-state index is 0.00426. The van der Waals surface area contributed by atoms with Crippen LogP contribution in [0.1, 0.15) is 16.8 Å². The molecule has 1 aliphatic rings. The molecule has 2 atom stereocenters. The fourth-order valence-corrected chi connectivity index (χ4v) is 2.19. The fraction of sp³-hybridized carbons (Fsp3) is 0.300. The maximum absolute atomic E-state index is 11.8. The first-order chi connectivity index (χ1) is 6.27. The van der Waals surface area contributed by atoms with Crippen LogP contribution in [0.15, 0.2) is 29.0 Å². The third kappa shape index (κ3) is 1.71. The van der Waals surface area contributed by atoms with Gasteiger partial charge in [0.05, 0.1) is 0 Å². The quantitative estimate of drug-likeness (QED) is 0.575. The van der Waals surface area contributed by atoms with E-state index in [2.05, 4.69) is 0 Å². The molecule has 13 heavy (non-hydrogen) atoms. The van der Waals surface area contributed by atoms with Gasteiger partial charge in [0, 0.05) is 22.9 Å². The van der Waals surface area contributed by atoms with Gasteiger partial charge < -0.3 is 5.73 Å². The van der Waals surface area contributed by atoms with Crippen LogP contribution in [0.2, 0.25) is 0 Å². The number of ketones is 1. The lowest BCUT2D eigenvalue weighted by Crippen LogP contribution is -2.18. The zero-order valence-electron chi connectivity index (χ0n) is 7.14. The van der Waals surface area contributed by atoms with Crippen LogP contribution in [0, 0.1) is 5.92 Å². The van der Waals surface area contributed by atoms with Gasteiger partial charge in [0.25, 0.3) is 0 Å². The summed E-state index contributed by atoms with van der Waals surface area (Å²) in [6.07, 6.45) is 4.59. The third-order valence-electron chi connectivity index (χ3n) is 2.26. The average Bonchev–Trinajstić information content (AvgIpc) is 2.72. The first kappa shape index (κ1) is 8.66. The van der Waals surface area contributed by atoms with Crippen LogP contribution in [0.5, 0.6) is 0 Å². The van der Waals surface area contributed by atoms with Crippen molar-refractivity contribution in [1.29, 1.82) is 0 Å². The van der Waals surface area contributed by atoms with Crippen LogP contribution in [-0.2, 0) is 0 Å². The summed E-state index contributed by atoms with van der Waals surface area (Å²) >= 11 is 1.55. The number of carbonyl (C=O) groups is 1. The van der Waals surface area contributed by atoms with E-state index in [-0.39, 0.29) is 17.7 Å². The summed E-state index contributed by atoms with van der Waals surface area (Å²) in [4.78, 5) is 11.8. The molecule has 0 spiro atoms. The Bertz CT molecular complexity index is 329. The van der Waals surface area contributed by atoms with Crippen molar-refractivity contribution < 1.29 is 4.79 Å². The number of nitrogens with two attached hydrogens (primary N) is 1. The van der Waals surface area contributed by atoms with Crippen molar-refractivity contribution in [3.8, 4) is 0 Å². The summed E-state index contributed by atoms with van der Waals surface area (Å²) < 4.78 is 0. The van der Waals surface area contributed by atoms with Gasteiger partial charge in [-0.3, -0.25) is 4.79 Å². The highest BCUT2D eigenvalue weighted by Gasteiger charge is 2.23. The highest BCUT2D eigenvalue weighted by molar-refractivity contribution is 7.08. The van der Waals surface area contributed by atoms with Crippen LogP contribution in [0.4, 0.5) is 0 Å². The Labute approximate surface area is 81.1 Å². The number of hydrogen-bond donors (Lipinski definition) is 1. The van der Waals surface area contributed by atoms with Crippen LogP contribution in [-0.4, -0.2) is 11.8 Å². The van der Waals surface area contributed by atoms with Gasteiger partial charge in [-0.1, -0.05) is 12.2 Å². The molecule has 0 aliphatic heterocycles. The van der Waals surface area contributed by atoms with Gasteiger partial charge in [0.15, 0.2) is 5.78 Å². The van der Waals surface area contributed by atoms with E-state index < -0.39 is 0 Å². The standard InChI is InChI=1S/C10H11NOS/c11-9-2-1-7(5-9)10(12)8-3-4-13-6-8/h1-4,6-7,9H,5,11H2. The Balaban J connectivity index is 2.11. The molecule has 0 saturated carbocycles. The molecule has 2 rings (SSSR count). The molecule has 1 aromatic heterocycles. The zero-order chi connectivity index (χ0) is 9.26. The summed E-state index contributed by atoms with van der Waals surface area (Å²) in [5.74, 6) is 0.204.